The molecule has 0 spiro atoms. The third-order valence-corrected chi connectivity index (χ3v) is 7.51. The van der Waals surface area contributed by atoms with E-state index in [1.165, 1.54) is 17.3 Å². The number of likely N-dealkylation sites (N-methyl/N-ethyl adjacent to an activating group) is 1. The number of para-hydroxylation sites is 1. The van der Waals surface area contributed by atoms with E-state index in [-0.39, 0.29) is 11.7 Å². The summed E-state index contributed by atoms with van der Waals surface area (Å²) in [7, 11) is 4.10. The molecule has 7 nitrogen and oxygen atoms in total. The molecule has 196 valence electrons. The van der Waals surface area contributed by atoms with Crippen LogP contribution in [0.1, 0.15) is 5.56 Å². The number of nitrogens with zero attached hydrogens (tertiary/aromatic N) is 6. The van der Waals surface area contributed by atoms with Crippen molar-refractivity contribution in [3.63, 3.8) is 0 Å². The molecular weight excluding hydrogens is 527 g/mol. The first-order valence-corrected chi connectivity index (χ1v) is 14.0. The van der Waals surface area contributed by atoms with E-state index in [4.69, 9.17) is 28.2 Å². The van der Waals surface area contributed by atoms with Crippen LogP contribution in [0.3, 0.4) is 0 Å². The molecule has 1 aliphatic heterocycles. The van der Waals surface area contributed by atoms with Crippen molar-refractivity contribution in [3.05, 3.63) is 76.4 Å². The van der Waals surface area contributed by atoms with Crippen LogP contribution in [-0.4, -0.2) is 84.8 Å². The van der Waals surface area contributed by atoms with Gasteiger partial charge in [0.2, 0.25) is 5.91 Å². The van der Waals surface area contributed by atoms with Crippen LogP contribution in [0, 0.1) is 0 Å². The highest BCUT2D eigenvalue weighted by Gasteiger charge is 2.23. The van der Waals surface area contributed by atoms with Gasteiger partial charge in [-0.15, -0.1) is 0 Å². The van der Waals surface area contributed by atoms with Gasteiger partial charge in [0.25, 0.3) is 0 Å². The molecule has 1 fully saturated rings. The topological polar surface area (TPSA) is 55.8 Å². The molecule has 0 bridgehead atoms. The summed E-state index contributed by atoms with van der Waals surface area (Å²) < 4.78 is 0. The Labute approximate surface area is 233 Å². The lowest BCUT2D eigenvalue weighted by Gasteiger charge is -2.36. The molecule has 0 radical (unpaired) electrons. The number of piperazine rings is 1. The molecule has 1 amide bonds. The largest absolute Gasteiger partial charge is 0.367 e. The minimum absolute atomic E-state index is 0.0719. The van der Waals surface area contributed by atoms with Crippen LogP contribution in [0.25, 0.3) is 0 Å². The third kappa shape index (κ3) is 7.98. The number of hydrogen-bond donors (Lipinski definition) is 0. The van der Waals surface area contributed by atoms with Crippen molar-refractivity contribution in [2.75, 3.05) is 68.9 Å². The van der Waals surface area contributed by atoms with E-state index in [2.05, 4.69) is 45.9 Å². The fourth-order valence-corrected chi connectivity index (χ4v) is 5.37. The Hall–Kier alpha value is -2.52. The number of benzene rings is 2. The minimum Gasteiger partial charge on any atom is -0.367 e. The van der Waals surface area contributed by atoms with Gasteiger partial charge in [-0.05, 0) is 31.8 Å². The maximum absolute atomic E-state index is 13.0. The van der Waals surface area contributed by atoms with E-state index in [1.807, 2.05) is 47.4 Å². The summed E-state index contributed by atoms with van der Waals surface area (Å²) in [5, 5.41) is 1.61. The molecule has 4 rings (SSSR count). The SMILES string of the molecule is CN(C)CCN(Cc1ccccc1)c1cc(Cl)nc(SCC(=O)N2CCN(c3ccccc3Cl)CC2)n1. The average molecular weight is 560 g/mol. The molecule has 10 heteroatoms. The molecule has 1 aliphatic rings. The molecule has 37 heavy (non-hydrogen) atoms. The van der Waals surface area contributed by atoms with Gasteiger partial charge in [0.1, 0.15) is 11.0 Å². The first kappa shape index (κ1) is 27.5. The van der Waals surface area contributed by atoms with Crippen LogP contribution in [0.2, 0.25) is 10.2 Å². The van der Waals surface area contributed by atoms with E-state index < -0.39 is 0 Å². The number of halogens is 2. The lowest BCUT2D eigenvalue weighted by atomic mass is 10.2. The van der Waals surface area contributed by atoms with Gasteiger partial charge in [0.15, 0.2) is 5.16 Å². The van der Waals surface area contributed by atoms with Crippen LogP contribution in [0.4, 0.5) is 11.5 Å². The van der Waals surface area contributed by atoms with Crippen LogP contribution < -0.4 is 9.80 Å². The summed E-state index contributed by atoms with van der Waals surface area (Å²) in [5.41, 5.74) is 2.20. The van der Waals surface area contributed by atoms with Gasteiger partial charge >= 0.3 is 0 Å². The van der Waals surface area contributed by atoms with Gasteiger partial charge < -0.3 is 19.6 Å². The quantitative estimate of drug-likeness (QED) is 0.201. The zero-order valence-corrected chi connectivity index (χ0v) is 23.5. The van der Waals surface area contributed by atoms with Gasteiger partial charge in [0, 0.05) is 51.9 Å². The van der Waals surface area contributed by atoms with E-state index in [9.17, 15) is 4.79 Å². The predicted octanol–water partition coefficient (Wildman–Crippen LogP) is 4.79. The van der Waals surface area contributed by atoms with E-state index in [1.54, 1.807) is 6.07 Å². The number of thioether (sulfide) groups is 1. The van der Waals surface area contributed by atoms with E-state index in [0.29, 0.717) is 29.9 Å². The Morgan fingerprint density at radius 3 is 2.35 bits per heavy atom. The molecule has 0 saturated carbocycles. The number of anilines is 2. The van der Waals surface area contributed by atoms with Crippen molar-refractivity contribution in [2.24, 2.45) is 0 Å². The fraction of sp³-hybridized carbons (Fsp3) is 0.370. The molecule has 1 saturated heterocycles. The zero-order chi connectivity index (χ0) is 26.2. The number of aromatic nitrogens is 2. The lowest BCUT2D eigenvalue weighted by Crippen LogP contribution is -2.49. The summed E-state index contributed by atoms with van der Waals surface area (Å²) in [4.78, 5) is 30.6. The van der Waals surface area contributed by atoms with Crippen LogP contribution >= 0.6 is 35.0 Å². The molecule has 2 heterocycles. The lowest BCUT2D eigenvalue weighted by molar-refractivity contribution is -0.128. The monoisotopic (exact) mass is 558 g/mol. The van der Waals surface area contributed by atoms with Gasteiger partial charge in [0.05, 0.1) is 16.5 Å². The second kappa shape index (κ2) is 13.3. The predicted molar refractivity (Wildman–Crippen MR) is 154 cm³/mol. The second-order valence-electron chi connectivity index (χ2n) is 9.15. The van der Waals surface area contributed by atoms with E-state index >= 15 is 0 Å². The number of carbonyl (C=O) groups excluding carboxylic acids is 1. The number of hydrogen-bond acceptors (Lipinski definition) is 7. The van der Waals surface area contributed by atoms with Crippen LogP contribution in [0.5, 0.6) is 0 Å². The van der Waals surface area contributed by atoms with Gasteiger partial charge in [-0.2, -0.15) is 0 Å². The Morgan fingerprint density at radius 1 is 0.946 bits per heavy atom. The van der Waals surface area contributed by atoms with Gasteiger partial charge in [-0.3, -0.25) is 4.79 Å². The zero-order valence-electron chi connectivity index (χ0n) is 21.2. The van der Waals surface area contributed by atoms with Crippen molar-refractivity contribution in [3.8, 4) is 0 Å². The summed E-state index contributed by atoms with van der Waals surface area (Å²) >= 11 is 14.1. The fourth-order valence-electron chi connectivity index (χ4n) is 4.13. The third-order valence-electron chi connectivity index (χ3n) is 6.17. The molecule has 0 N–H and O–H groups in total. The van der Waals surface area contributed by atoms with Crippen molar-refractivity contribution in [1.29, 1.82) is 0 Å². The molecule has 0 unspecified atom stereocenters. The Kier molecular flexibility index (Phi) is 9.91. The number of rotatable bonds is 10. The first-order valence-electron chi connectivity index (χ1n) is 12.3. The maximum atomic E-state index is 13.0. The molecule has 2 aromatic carbocycles. The first-order chi connectivity index (χ1) is 17.9. The minimum atomic E-state index is 0.0719. The smallest absolute Gasteiger partial charge is 0.233 e. The maximum Gasteiger partial charge on any atom is 0.233 e. The van der Waals surface area contributed by atoms with Crippen molar-refractivity contribution in [1.82, 2.24) is 19.8 Å². The van der Waals surface area contributed by atoms with Crippen molar-refractivity contribution < 1.29 is 4.79 Å². The molecule has 1 aromatic heterocycles. The molecule has 3 aromatic rings. The summed E-state index contributed by atoms with van der Waals surface area (Å²) in [5.74, 6) is 1.10. The highest BCUT2D eigenvalue weighted by molar-refractivity contribution is 7.99. The van der Waals surface area contributed by atoms with Gasteiger partial charge in [-0.1, -0.05) is 77.4 Å². The van der Waals surface area contributed by atoms with Crippen LogP contribution in [0.15, 0.2) is 65.8 Å². The standard InChI is InChI=1S/C27H32Cl2N6OS/c1-32(2)12-13-35(19-21-8-4-3-5-9-21)25-18-24(29)30-27(31-25)37-20-26(36)34-16-14-33(15-17-34)23-11-7-6-10-22(23)28/h3-11,18H,12-17,19-20H2,1-2H3. The average Bonchev–Trinajstić information content (AvgIpc) is 2.90. The summed E-state index contributed by atoms with van der Waals surface area (Å²) in [6.45, 7) is 5.17. The Balaban J connectivity index is 1.37. The second-order valence-corrected chi connectivity index (χ2v) is 10.9. The van der Waals surface area contributed by atoms with Gasteiger partial charge in [-0.25, -0.2) is 9.97 Å². The molecular formula is C27H32Cl2N6OS. The van der Waals surface area contributed by atoms with Crippen LogP contribution in [-0.2, 0) is 11.3 Å². The Morgan fingerprint density at radius 2 is 1.65 bits per heavy atom. The normalized spacial score (nSPS) is 13.8. The summed E-state index contributed by atoms with van der Waals surface area (Å²) in [6.07, 6.45) is 0. The molecule has 0 atom stereocenters. The summed E-state index contributed by atoms with van der Waals surface area (Å²) in [6, 6.07) is 19.9. The van der Waals surface area contributed by atoms with E-state index in [0.717, 1.165) is 42.7 Å². The van der Waals surface area contributed by atoms with Crippen molar-refractivity contribution >= 4 is 52.4 Å². The number of amides is 1. The highest BCUT2D eigenvalue weighted by Crippen LogP contribution is 2.27. The number of carbonyl (C=O) groups is 1. The highest BCUT2D eigenvalue weighted by atomic mass is 35.5. The Bertz CT molecular complexity index is 1170. The molecule has 0 aliphatic carbocycles. The van der Waals surface area contributed by atoms with Crippen molar-refractivity contribution in [2.45, 2.75) is 11.7 Å².